The van der Waals surface area contributed by atoms with Crippen LogP contribution in [0, 0.1) is 0 Å². The van der Waals surface area contributed by atoms with Crippen LogP contribution < -0.4 is 9.47 Å². The van der Waals surface area contributed by atoms with Crippen molar-refractivity contribution in [3.63, 3.8) is 0 Å². The average molecular weight is 257 g/mol. The van der Waals surface area contributed by atoms with Crippen LogP contribution in [0.4, 0.5) is 0 Å². The highest BCUT2D eigenvalue weighted by atomic mass is 79.9. The predicted octanol–water partition coefficient (Wildman–Crippen LogP) is 3.26. The standard InChI is InChI=1S/C11H13BrO2/c1-2-3-8-4-10-11(14-7-13-10)5-9(8)6-12/h4-5H,2-3,6-7H2,1H3. The predicted molar refractivity (Wildman–Crippen MR) is 59.2 cm³/mol. The van der Waals surface area contributed by atoms with Crippen molar-refractivity contribution in [1.82, 2.24) is 0 Å². The molecule has 2 rings (SSSR count). The Morgan fingerprint density at radius 2 is 1.86 bits per heavy atom. The Morgan fingerprint density at radius 1 is 1.21 bits per heavy atom. The summed E-state index contributed by atoms with van der Waals surface area (Å²) in [7, 11) is 0. The Labute approximate surface area is 92.3 Å². The molecule has 0 saturated carbocycles. The molecule has 0 amide bonds. The Morgan fingerprint density at radius 3 is 2.43 bits per heavy atom. The molecule has 1 heterocycles. The van der Waals surface area contributed by atoms with Crippen LogP contribution in [0.1, 0.15) is 24.5 Å². The van der Waals surface area contributed by atoms with Gasteiger partial charge in [0.1, 0.15) is 0 Å². The first-order valence-corrected chi connectivity index (χ1v) is 5.94. The van der Waals surface area contributed by atoms with Gasteiger partial charge in [0, 0.05) is 5.33 Å². The van der Waals surface area contributed by atoms with Gasteiger partial charge in [-0.15, -0.1) is 0 Å². The van der Waals surface area contributed by atoms with Crippen LogP contribution in [-0.4, -0.2) is 6.79 Å². The highest BCUT2D eigenvalue weighted by molar-refractivity contribution is 9.08. The molecule has 0 unspecified atom stereocenters. The lowest BCUT2D eigenvalue weighted by atomic mass is 10.0. The zero-order valence-corrected chi connectivity index (χ0v) is 9.76. The van der Waals surface area contributed by atoms with Crippen molar-refractivity contribution in [3.05, 3.63) is 23.3 Å². The van der Waals surface area contributed by atoms with Gasteiger partial charge in [-0.1, -0.05) is 29.3 Å². The summed E-state index contributed by atoms with van der Waals surface area (Å²) in [6.07, 6.45) is 2.25. The molecule has 0 N–H and O–H groups in total. The van der Waals surface area contributed by atoms with Gasteiger partial charge in [-0.25, -0.2) is 0 Å². The van der Waals surface area contributed by atoms with Crippen molar-refractivity contribution in [1.29, 1.82) is 0 Å². The van der Waals surface area contributed by atoms with E-state index in [0.29, 0.717) is 6.79 Å². The molecular formula is C11H13BrO2. The summed E-state index contributed by atoms with van der Waals surface area (Å²) in [5.74, 6) is 1.76. The van der Waals surface area contributed by atoms with Crippen LogP contribution in [-0.2, 0) is 11.8 Å². The number of aryl methyl sites for hydroxylation is 1. The topological polar surface area (TPSA) is 18.5 Å². The van der Waals surface area contributed by atoms with Gasteiger partial charge in [-0.05, 0) is 29.7 Å². The number of hydrogen-bond acceptors (Lipinski definition) is 2. The van der Waals surface area contributed by atoms with Crippen LogP contribution in [0.2, 0.25) is 0 Å². The zero-order valence-electron chi connectivity index (χ0n) is 8.18. The fourth-order valence-corrected chi connectivity index (χ4v) is 2.17. The van der Waals surface area contributed by atoms with Crippen LogP contribution in [0.5, 0.6) is 11.5 Å². The lowest BCUT2D eigenvalue weighted by molar-refractivity contribution is 0.174. The van der Waals surface area contributed by atoms with E-state index in [2.05, 4.69) is 35.0 Å². The summed E-state index contributed by atoms with van der Waals surface area (Å²) < 4.78 is 10.7. The molecule has 1 aromatic rings. The van der Waals surface area contributed by atoms with Gasteiger partial charge >= 0.3 is 0 Å². The first-order valence-electron chi connectivity index (χ1n) is 4.82. The van der Waals surface area contributed by atoms with E-state index in [-0.39, 0.29) is 0 Å². The molecule has 0 bridgehead atoms. The van der Waals surface area contributed by atoms with E-state index in [0.717, 1.165) is 29.7 Å². The third-order valence-corrected chi connectivity index (χ3v) is 2.96. The monoisotopic (exact) mass is 256 g/mol. The highest BCUT2D eigenvalue weighted by Gasteiger charge is 2.16. The Hall–Kier alpha value is -0.700. The van der Waals surface area contributed by atoms with Crippen molar-refractivity contribution in [2.45, 2.75) is 25.1 Å². The second-order valence-corrected chi connectivity index (χ2v) is 3.92. The van der Waals surface area contributed by atoms with E-state index >= 15 is 0 Å². The Balaban J connectivity index is 2.38. The Kier molecular flexibility index (Phi) is 2.96. The molecule has 1 aromatic carbocycles. The van der Waals surface area contributed by atoms with Crippen molar-refractivity contribution >= 4 is 15.9 Å². The minimum atomic E-state index is 0.354. The maximum Gasteiger partial charge on any atom is 0.231 e. The minimum absolute atomic E-state index is 0.354. The van der Waals surface area contributed by atoms with Crippen molar-refractivity contribution in [2.24, 2.45) is 0 Å². The SMILES string of the molecule is CCCc1cc2c(cc1CBr)OCO2. The van der Waals surface area contributed by atoms with Crippen molar-refractivity contribution < 1.29 is 9.47 Å². The van der Waals surface area contributed by atoms with Gasteiger partial charge in [0.2, 0.25) is 6.79 Å². The molecule has 1 aliphatic rings. The number of alkyl halides is 1. The second-order valence-electron chi connectivity index (χ2n) is 3.36. The molecule has 0 saturated heterocycles. The molecule has 1 aliphatic heterocycles. The van der Waals surface area contributed by atoms with Gasteiger partial charge in [-0.3, -0.25) is 0 Å². The molecule has 0 aromatic heterocycles. The molecule has 0 fully saturated rings. The molecule has 76 valence electrons. The maximum absolute atomic E-state index is 5.35. The van der Waals surface area contributed by atoms with Gasteiger partial charge in [0.25, 0.3) is 0 Å². The van der Waals surface area contributed by atoms with Crippen LogP contribution in [0.3, 0.4) is 0 Å². The number of fused-ring (bicyclic) bond motifs is 1. The number of rotatable bonds is 3. The Bertz CT molecular complexity index is 336. The van der Waals surface area contributed by atoms with E-state index in [9.17, 15) is 0 Å². The first-order chi connectivity index (χ1) is 6.85. The molecular weight excluding hydrogens is 244 g/mol. The van der Waals surface area contributed by atoms with Crippen LogP contribution >= 0.6 is 15.9 Å². The van der Waals surface area contributed by atoms with Crippen molar-refractivity contribution in [3.8, 4) is 11.5 Å². The van der Waals surface area contributed by atoms with Gasteiger partial charge < -0.3 is 9.47 Å². The average Bonchev–Trinajstić information content (AvgIpc) is 2.64. The van der Waals surface area contributed by atoms with Gasteiger partial charge in [-0.2, -0.15) is 0 Å². The quantitative estimate of drug-likeness (QED) is 0.774. The van der Waals surface area contributed by atoms with E-state index in [1.54, 1.807) is 0 Å². The fraction of sp³-hybridized carbons (Fsp3) is 0.455. The van der Waals surface area contributed by atoms with Crippen LogP contribution in [0.25, 0.3) is 0 Å². The second kappa shape index (κ2) is 4.22. The summed E-state index contributed by atoms with van der Waals surface area (Å²) >= 11 is 3.49. The summed E-state index contributed by atoms with van der Waals surface area (Å²) in [5.41, 5.74) is 2.66. The minimum Gasteiger partial charge on any atom is -0.454 e. The normalized spacial score (nSPS) is 13.3. The third-order valence-electron chi connectivity index (χ3n) is 2.36. The van der Waals surface area contributed by atoms with E-state index in [1.165, 1.54) is 11.1 Å². The molecule has 0 atom stereocenters. The third kappa shape index (κ3) is 1.73. The molecule has 0 spiro atoms. The summed E-state index contributed by atoms with van der Waals surface area (Å²) in [5, 5.41) is 0.874. The number of halogens is 1. The molecule has 3 heteroatoms. The van der Waals surface area contributed by atoms with Gasteiger partial charge in [0.05, 0.1) is 0 Å². The van der Waals surface area contributed by atoms with E-state index < -0.39 is 0 Å². The molecule has 14 heavy (non-hydrogen) atoms. The van der Waals surface area contributed by atoms with Crippen LogP contribution in [0.15, 0.2) is 12.1 Å². The number of hydrogen-bond donors (Lipinski definition) is 0. The van der Waals surface area contributed by atoms with Gasteiger partial charge in [0.15, 0.2) is 11.5 Å². The lowest BCUT2D eigenvalue weighted by Crippen LogP contribution is -1.92. The smallest absolute Gasteiger partial charge is 0.231 e. The lowest BCUT2D eigenvalue weighted by Gasteiger charge is -2.07. The van der Waals surface area contributed by atoms with E-state index in [1.807, 2.05) is 0 Å². The fourth-order valence-electron chi connectivity index (χ4n) is 1.65. The summed E-state index contributed by atoms with van der Waals surface area (Å²) in [6, 6.07) is 4.17. The molecule has 2 nitrogen and oxygen atoms in total. The number of benzene rings is 1. The largest absolute Gasteiger partial charge is 0.454 e. The molecule has 0 aliphatic carbocycles. The highest BCUT2D eigenvalue weighted by Crippen LogP contribution is 2.35. The summed E-state index contributed by atoms with van der Waals surface area (Å²) in [6.45, 7) is 2.54. The summed E-state index contributed by atoms with van der Waals surface area (Å²) in [4.78, 5) is 0. The zero-order chi connectivity index (χ0) is 9.97. The molecule has 0 radical (unpaired) electrons. The van der Waals surface area contributed by atoms with Crippen molar-refractivity contribution in [2.75, 3.05) is 6.79 Å². The maximum atomic E-state index is 5.35. The first kappa shape index (κ1) is 9.84. The van der Waals surface area contributed by atoms with E-state index in [4.69, 9.17) is 9.47 Å². The number of ether oxygens (including phenoxy) is 2.